The molecule has 0 aliphatic carbocycles. The molecule has 0 saturated carbocycles. The Bertz CT molecular complexity index is 862. The van der Waals surface area contributed by atoms with E-state index in [2.05, 4.69) is 5.32 Å². The second-order valence-electron chi connectivity index (χ2n) is 5.63. The number of hydrogen-bond donors (Lipinski definition) is 1. The number of nitrogens with one attached hydrogen (secondary N) is 1. The molecule has 1 heterocycles. The normalized spacial score (nSPS) is 11.1. The Morgan fingerprint density at radius 3 is 2.26 bits per heavy atom. The maximum Gasteiger partial charge on any atom is 0.418 e. The quantitative estimate of drug-likeness (QED) is 0.746. The maximum atomic E-state index is 13.0. The van der Waals surface area contributed by atoms with E-state index in [-0.39, 0.29) is 22.9 Å². The number of para-hydroxylation sites is 1. The van der Waals surface area contributed by atoms with Crippen molar-refractivity contribution >= 4 is 34.6 Å². The van der Waals surface area contributed by atoms with Gasteiger partial charge in [-0.15, -0.1) is 11.3 Å². The molecule has 2 rings (SSSR count). The molecule has 0 radical (unpaired) electrons. The third-order valence-corrected chi connectivity index (χ3v) is 4.85. The van der Waals surface area contributed by atoms with E-state index in [0.29, 0.717) is 4.88 Å². The summed E-state index contributed by atoms with van der Waals surface area (Å²) in [6.07, 6.45) is -4.61. The molecule has 0 saturated heterocycles. The summed E-state index contributed by atoms with van der Waals surface area (Å²) in [6, 6.07) is 7.63. The highest BCUT2D eigenvalue weighted by atomic mass is 32.1. The number of amides is 2. The SMILES string of the molecule is CCN(CC(=O)Nc1ccccc1C(F)(F)F)C(=O)c1ccc(C(C)=O)s1. The second kappa shape index (κ2) is 8.34. The number of nitrogens with zero attached hydrogens (tertiary/aromatic N) is 1. The van der Waals surface area contributed by atoms with Crippen molar-refractivity contribution in [3.63, 3.8) is 0 Å². The van der Waals surface area contributed by atoms with Gasteiger partial charge < -0.3 is 10.2 Å². The van der Waals surface area contributed by atoms with Gasteiger partial charge in [-0.1, -0.05) is 12.1 Å². The van der Waals surface area contributed by atoms with E-state index in [1.807, 2.05) is 0 Å². The van der Waals surface area contributed by atoms with Crippen LogP contribution in [0.1, 0.15) is 38.8 Å². The Balaban J connectivity index is 2.11. The van der Waals surface area contributed by atoms with Gasteiger partial charge in [0.25, 0.3) is 5.91 Å². The van der Waals surface area contributed by atoms with Crippen LogP contribution in [0.4, 0.5) is 18.9 Å². The molecule has 1 aromatic heterocycles. The number of thiophene rings is 1. The smallest absolute Gasteiger partial charge is 0.329 e. The van der Waals surface area contributed by atoms with Crippen molar-refractivity contribution in [3.05, 3.63) is 51.7 Å². The van der Waals surface area contributed by atoms with Crippen molar-refractivity contribution < 1.29 is 27.6 Å². The Morgan fingerprint density at radius 1 is 1.07 bits per heavy atom. The largest absolute Gasteiger partial charge is 0.418 e. The first kappa shape index (κ1) is 20.6. The van der Waals surface area contributed by atoms with E-state index in [0.717, 1.165) is 23.5 Å². The molecule has 27 heavy (non-hydrogen) atoms. The number of rotatable bonds is 6. The first-order valence-corrected chi connectivity index (χ1v) is 8.81. The summed E-state index contributed by atoms with van der Waals surface area (Å²) in [5.41, 5.74) is -1.33. The van der Waals surface area contributed by atoms with Crippen LogP contribution < -0.4 is 5.32 Å². The second-order valence-corrected chi connectivity index (χ2v) is 6.71. The molecular formula is C18H17F3N2O3S. The van der Waals surface area contributed by atoms with Gasteiger partial charge in [0.1, 0.15) is 6.54 Å². The minimum absolute atomic E-state index is 0.177. The zero-order chi connectivity index (χ0) is 20.2. The highest BCUT2D eigenvalue weighted by Crippen LogP contribution is 2.34. The summed E-state index contributed by atoms with van der Waals surface area (Å²) in [7, 11) is 0. The average Bonchev–Trinajstić information content (AvgIpc) is 3.09. The topological polar surface area (TPSA) is 66.5 Å². The van der Waals surface area contributed by atoms with Crippen molar-refractivity contribution in [2.75, 3.05) is 18.4 Å². The minimum Gasteiger partial charge on any atom is -0.329 e. The van der Waals surface area contributed by atoms with Crippen LogP contribution in [0.15, 0.2) is 36.4 Å². The number of carbonyl (C=O) groups excluding carboxylic acids is 3. The average molecular weight is 398 g/mol. The lowest BCUT2D eigenvalue weighted by atomic mass is 10.1. The van der Waals surface area contributed by atoms with Gasteiger partial charge in [0.05, 0.1) is 21.0 Å². The highest BCUT2D eigenvalue weighted by molar-refractivity contribution is 7.15. The van der Waals surface area contributed by atoms with E-state index >= 15 is 0 Å². The molecule has 1 aromatic carbocycles. The number of anilines is 1. The molecule has 0 spiro atoms. The van der Waals surface area contributed by atoms with Gasteiger partial charge >= 0.3 is 6.18 Å². The van der Waals surface area contributed by atoms with Crippen LogP contribution in [0, 0.1) is 0 Å². The first-order chi connectivity index (χ1) is 12.6. The van der Waals surface area contributed by atoms with E-state index in [1.54, 1.807) is 6.92 Å². The standard InChI is InChI=1S/C18H17F3N2O3S/c1-3-23(17(26)15-9-8-14(27-15)11(2)24)10-16(25)22-13-7-5-4-6-12(13)18(19,20)21/h4-9H,3,10H2,1-2H3,(H,22,25). The van der Waals surface area contributed by atoms with Crippen LogP contribution in [0.25, 0.3) is 0 Å². The summed E-state index contributed by atoms with van der Waals surface area (Å²) >= 11 is 1.01. The number of halogens is 3. The third kappa shape index (κ3) is 5.16. The van der Waals surface area contributed by atoms with Gasteiger partial charge in [0, 0.05) is 6.54 Å². The van der Waals surface area contributed by atoms with Gasteiger partial charge in [-0.3, -0.25) is 14.4 Å². The predicted octanol–water partition coefficient (Wildman–Crippen LogP) is 4.07. The molecule has 1 N–H and O–H groups in total. The fraction of sp³-hybridized carbons (Fsp3) is 0.278. The predicted molar refractivity (Wildman–Crippen MR) is 96.0 cm³/mol. The van der Waals surface area contributed by atoms with Gasteiger partial charge in [-0.25, -0.2) is 0 Å². The summed E-state index contributed by atoms with van der Waals surface area (Å²) in [6.45, 7) is 2.80. The molecule has 0 bridgehead atoms. The van der Waals surface area contributed by atoms with Crippen molar-refractivity contribution in [1.82, 2.24) is 4.90 Å². The fourth-order valence-electron chi connectivity index (χ4n) is 2.33. The number of likely N-dealkylation sites (N-methyl/N-ethyl adjacent to an activating group) is 1. The lowest BCUT2D eigenvalue weighted by molar-refractivity contribution is -0.137. The van der Waals surface area contributed by atoms with Crippen LogP contribution >= 0.6 is 11.3 Å². The number of ketones is 1. The molecule has 0 aliphatic rings. The molecule has 0 aliphatic heterocycles. The van der Waals surface area contributed by atoms with Crippen LogP contribution in [-0.4, -0.2) is 35.6 Å². The molecule has 0 fully saturated rings. The summed E-state index contributed by atoms with van der Waals surface area (Å²) < 4.78 is 39.0. The van der Waals surface area contributed by atoms with Crippen molar-refractivity contribution in [2.45, 2.75) is 20.0 Å². The van der Waals surface area contributed by atoms with Crippen LogP contribution in [0.2, 0.25) is 0 Å². The van der Waals surface area contributed by atoms with Gasteiger partial charge in [-0.2, -0.15) is 13.2 Å². The Kier molecular flexibility index (Phi) is 6.37. The lowest BCUT2D eigenvalue weighted by Gasteiger charge is -2.20. The lowest BCUT2D eigenvalue weighted by Crippen LogP contribution is -2.37. The van der Waals surface area contributed by atoms with Crippen molar-refractivity contribution in [3.8, 4) is 0 Å². The van der Waals surface area contributed by atoms with Crippen molar-refractivity contribution in [2.24, 2.45) is 0 Å². The van der Waals surface area contributed by atoms with Crippen molar-refractivity contribution in [1.29, 1.82) is 0 Å². The fourth-order valence-corrected chi connectivity index (χ4v) is 3.20. The molecular weight excluding hydrogens is 381 g/mol. The summed E-state index contributed by atoms with van der Waals surface area (Å²) in [4.78, 5) is 37.9. The Labute approximate surface area is 157 Å². The molecule has 5 nitrogen and oxygen atoms in total. The summed E-state index contributed by atoms with van der Waals surface area (Å²) in [5.74, 6) is -1.39. The van der Waals surface area contributed by atoms with Crippen LogP contribution in [-0.2, 0) is 11.0 Å². The molecule has 9 heteroatoms. The summed E-state index contributed by atoms with van der Waals surface area (Å²) in [5, 5.41) is 2.21. The van der Waals surface area contributed by atoms with E-state index < -0.39 is 30.1 Å². The molecule has 2 amide bonds. The zero-order valence-corrected chi connectivity index (χ0v) is 15.4. The van der Waals surface area contributed by atoms with Gasteiger partial charge in [-0.05, 0) is 38.1 Å². The first-order valence-electron chi connectivity index (χ1n) is 7.99. The minimum atomic E-state index is -4.61. The molecule has 144 valence electrons. The maximum absolute atomic E-state index is 13.0. The highest BCUT2D eigenvalue weighted by Gasteiger charge is 2.33. The number of hydrogen-bond acceptors (Lipinski definition) is 4. The monoisotopic (exact) mass is 398 g/mol. The van der Waals surface area contributed by atoms with E-state index in [9.17, 15) is 27.6 Å². The molecule has 0 atom stereocenters. The Morgan fingerprint density at radius 2 is 1.70 bits per heavy atom. The number of Topliss-reactive ketones (excluding diaryl/α,β-unsaturated/α-hetero) is 1. The number of benzene rings is 1. The molecule has 0 unspecified atom stereocenters. The number of alkyl halides is 3. The van der Waals surface area contributed by atoms with Crippen LogP contribution in [0.5, 0.6) is 0 Å². The van der Waals surface area contributed by atoms with Gasteiger partial charge in [0.2, 0.25) is 5.91 Å². The third-order valence-electron chi connectivity index (χ3n) is 3.67. The molecule has 2 aromatic rings. The van der Waals surface area contributed by atoms with E-state index in [4.69, 9.17) is 0 Å². The zero-order valence-electron chi connectivity index (χ0n) is 14.6. The van der Waals surface area contributed by atoms with Crippen LogP contribution in [0.3, 0.4) is 0 Å². The number of carbonyl (C=O) groups is 3. The van der Waals surface area contributed by atoms with Gasteiger partial charge in [0.15, 0.2) is 5.78 Å². The van der Waals surface area contributed by atoms with E-state index in [1.165, 1.54) is 36.1 Å². The Hall–Kier alpha value is -2.68.